The number of nitrogens with zero attached hydrogens (tertiary/aromatic N) is 1. The molecule has 142 valence electrons. The van der Waals surface area contributed by atoms with E-state index in [9.17, 15) is 8.42 Å². The molecule has 3 rings (SSSR count). The van der Waals surface area contributed by atoms with Crippen LogP contribution in [0.2, 0.25) is 0 Å². The number of benzene rings is 3. The van der Waals surface area contributed by atoms with Gasteiger partial charge in [0.05, 0.1) is 4.90 Å². The van der Waals surface area contributed by atoms with Gasteiger partial charge in [-0.1, -0.05) is 42.5 Å². The second-order valence-corrected chi connectivity index (χ2v) is 7.49. The first-order chi connectivity index (χ1) is 12.7. The van der Waals surface area contributed by atoms with E-state index in [0.29, 0.717) is 11.1 Å². The molecule has 0 atom stereocenters. The zero-order valence-electron chi connectivity index (χ0n) is 14.9. The second kappa shape index (κ2) is 8.87. The maximum atomic E-state index is 12.8. The molecule has 0 heterocycles. The first kappa shape index (κ1) is 20.7. The van der Waals surface area contributed by atoms with Gasteiger partial charge in [0.25, 0.3) is 10.0 Å². The minimum absolute atomic E-state index is 0.280. The summed E-state index contributed by atoms with van der Waals surface area (Å²) in [6.45, 7) is 0. The summed E-state index contributed by atoms with van der Waals surface area (Å²) in [7, 11) is -1.93. The number of sulfonamides is 1. The fraction of sp³-hybridized carbons (Fsp3) is 0.111. The zero-order chi connectivity index (χ0) is 20.0. The molecule has 0 aliphatic carbocycles. The predicted octanol–water partition coefficient (Wildman–Crippen LogP) is 1.65. The number of rotatable bonds is 4. The topological polar surface area (TPSA) is 110 Å². The maximum absolute atomic E-state index is 12.8. The van der Waals surface area contributed by atoms with Crippen LogP contribution in [-0.2, 0) is 10.0 Å². The molecule has 0 fully saturated rings. The van der Waals surface area contributed by atoms with Crippen LogP contribution in [0.3, 0.4) is 0 Å². The third-order valence-electron chi connectivity index (χ3n) is 3.66. The van der Waals surface area contributed by atoms with Gasteiger partial charge in [-0.2, -0.15) is 0 Å². The summed E-state index contributed by atoms with van der Waals surface area (Å²) in [5, 5.41) is 23.1. The average molecular weight is 388 g/mol. The molecule has 0 amide bonds. The summed E-state index contributed by atoms with van der Waals surface area (Å²) in [5.41, 5.74) is 1.53. The van der Waals surface area contributed by atoms with E-state index in [1.54, 1.807) is 36.4 Å². The fourth-order valence-electron chi connectivity index (χ4n) is 2.61. The van der Waals surface area contributed by atoms with Crippen LogP contribution in [-0.4, -0.2) is 44.9 Å². The molecule has 0 saturated heterocycles. The average Bonchev–Trinajstić information content (AvgIpc) is 2.60. The highest BCUT2D eigenvalue weighted by molar-refractivity contribution is 7.93. The first-order valence-corrected chi connectivity index (χ1v) is 9.52. The van der Waals surface area contributed by atoms with Gasteiger partial charge in [0.1, 0.15) is 0 Å². The highest BCUT2D eigenvalue weighted by atomic mass is 32.2. The van der Waals surface area contributed by atoms with Crippen molar-refractivity contribution < 1.29 is 23.5 Å². The Hall–Kier alpha value is -2.59. The highest BCUT2D eigenvalue weighted by Gasteiger charge is 2.18. The van der Waals surface area contributed by atoms with Crippen molar-refractivity contribution in [2.24, 2.45) is 0 Å². The van der Waals surface area contributed by atoms with Crippen molar-refractivity contribution in [3.05, 3.63) is 66.7 Å². The van der Waals surface area contributed by atoms with Crippen molar-refractivity contribution in [3.63, 3.8) is 0 Å². The van der Waals surface area contributed by atoms with Gasteiger partial charge >= 0.3 is 7.32 Å². The van der Waals surface area contributed by atoms with E-state index in [0.717, 1.165) is 11.1 Å². The van der Waals surface area contributed by atoms with Gasteiger partial charge in [0, 0.05) is 36.2 Å². The van der Waals surface area contributed by atoms with Gasteiger partial charge in [-0.3, -0.25) is 4.72 Å². The molecule has 0 aliphatic rings. The van der Waals surface area contributed by atoms with E-state index in [-0.39, 0.29) is 4.90 Å². The van der Waals surface area contributed by atoms with Gasteiger partial charge in [0.2, 0.25) is 0 Å². The molecule has 0 aromatic heterocycles. The van der Waals surface area contributed by atoms with E-state index in [2.05, 4.69) is 4.72 Å². The Morgan fingerprint density at radius 1 is 0.815 bits per heavy atom. The molecule has 0 unspecified atom stereocenters. The Labute approximate surface area is 158 Å². The number of anilines is 2. The maximum Gasteiger partial charge on any atom is 0.631 e. The normalized spacial score (nSPS) is 10.7. The van der Waals surface area contributed by atoms with Crippen LogP contribution in [0.25, 0.3) is 10.8 Å². The first-order valence-electron chi connectivity index (χ1n) is 8.03. The number of para-hydroxylation sites is 1. The van der Waals surface area contributed by atoms with Crippen LogP contribution in [0.5, 0.6) is 0 Å². The SMILES string of the molecule is CN(C)c1cccc2c(S(=O)(=O)Nc3ccccc3)cccc12.OB(O)O. The quantitative estimate of drug-likeness (QED) is 0.506. The smallest absolute Gasteiger partial charge is 0.402 e. The Bertz CT molecular complexity index is 992. The molecule has 0 saturated carbocycles. The number of fused-ring (bicyclic) bond motifs is 1. The molecule has 4 N–H and O–H groups in total. The Morgan fingerprint density at radius 3 is 1.96 bits per heavy atom. The Balaban J connectivity index is 0.000000596. The minimum atomic E-state index is -3.65. The largest absolute Gasteiger partial charge is 0.631 e. The number of hydrogen-bond donors (Lipinski definition) is 4. The van der Waals surface area contributed by atoms with Crippen LogP contribution in [0.15, 0.2) is 71.6 Å². The molecule has 0 spiro atoms. The molecular formula is C18H21BN2O5S. The third kappa shape index (κ3) is 5.44. The van der Waals surface area contributed by atoms with Crippen LogP contribution >= 0.6 is 0 Å². The van der Waals surface area contributed by atoms with E-state index < -0.39 is 17.3 Å². The van der Waals surface area contributed by atoms with Crippen LogP contribution in [0.4, 0.5) is 11.4 Å². The highest BCUT2D eigenvalue weighted by Crippen LogP contribution is 2.30. The molecule has 0 radical (unpaired) electrons. The van der Waals surface area contributed by atoms with Gasteiger partial charge in [-0.15, -0.1) is 0 Å². The van der Waals surface area contributed by atoms with Crippen molar-refractivity contribution >= 4 is 39.5 Å². The molecular weight excluding hydrogens is 367 g/mol. The summed E-state index contributed by atoms with van der Waals surface area (Å²) in [4.78, 5) is 2.26. The lowest BCUT2D eigenvalue weighted by molar-refractivity contribution is 0.278. The summed E-state index contributed by atoms with van der Waals surface area (Å²) < 4.78 is 28.2. The van der Waals surface area contributed by atoms with Crippen molar-refractivity contribution in [3.8, 4) is 0 Å². The van der Waals surface area contributed by atoms with Gasteiger partial charge in [0.15, 0.2) is 0 Å². The number of hydrogen-bond acceptors (Lipinski definition) is 6. The van der Waals surface area contributed by atoms with E-state index >= 15 is 0 Å². The van der Waals surface area contributed by atoms with Crippen molar-refractivity contribution in [1.29, 1.82) is 0 Å². The zero-order valence-corrected chi connectivity index (χ0v) is 15.8. The van der Waals surface area contributed by atoms with E-state index in [1.807, 2.05) is 49.3 Å². The summed E-state index contributed by atoms with van der Waals surface area (Å²) >= 11 is 0. The molecule has 9 heteroatoms. The van der Waals surface area contributed by atoms with E-state index in [1.165, 1.54) is 0 Å². The molecule has 3 aromatic carbocycles. The van der Waals surface area contributed by atoms with Crippen molar-refractivity contribution in [2.45, 2.75) is 4.90 Å². The van der Waals surface area contributed by atoms with Crippen molar-refractivity contribution in [2.75, 3.05) is 23.7 Å². The lowest BCUT2D eigenvalue weighted by Gasteiger charge is -2.17. The molecule has 7 nitrogen and oxygen atoms in total. The van der Waals surface area contributed by atoms with Crippen molar-refractivity contribution in [1.82, 2.24) is 0 Å². The van der Waals surface area contributed by atoms with Crippen LogP contribution in [0, 0.1) is 0 Å². The fourth-order valence-corrected chi connectivity index (χ4v) is 3.89. The minimum Gasteiger partial charge on any atom is -0.402 e. The lowest BCUT2D eigenvalue weighted by Crippen LogP contribution is -2.14. The van der Waals surface area contributed by atoms with Crippen LogP contribution in [0.1, 0.15) is 0 Å². The van der Waals surface area contributed by atoms with Gasteiger partial charge in [-0.25, -0.2) is 8.42 Å². The van der Waals surface area contributed by atoms with Gasteiger partial charge < -0.3 is 20.0 Å². The molecule has 0 aliphatic heterocycles. The second-order valence-electron chi connectivity index (χ2n) is 5.84. The molecule has 27 heavy (non-hydrogen) atoms. The molecule has 0 bridgehead atoms. The predicted molar refractivity (Wildman–Crippen MR) is 108 cm³/mol. The van der Waals surface area contributed by atoms with Crippen LogP contribution < -0.4 is 9.62 Å². The number of nitrogens with one attached hydrogen (secondary N) is 1. The standard InChI is InChI=1S/C18H18N2O2S.BH3O3/c1-20(2)17-12-6-11-16-15(17)10-7-13-18(16)23(21,22)19-14-8-4-3-5-9-14;2-1(3)4/h3-13,19H,1-2H3;2-4H. The Morgan fingerprint density at radius 2 is 1.37 bits per heavy atom. The summed E-state index contributed by atoms with van der Waals surface area (Å²) in [5.74, 6) is 0. The Kier molecular flexibility index (Phi) is 6.81. The lowest BCUT2D eigenvalue weighted by atomic mass is 10.1. The molecule has 3 aromatic rings. The van der Waals surface area contributed by atoms with E-state index in [4.69, 9.17) is 15.1 Å². The monoisotopic (exact) mass is 388 g/mol. The summed E-state index contributed by atoms with van der Waals surface area (Å²) in [6, 6.07) is 19.9. The third-order valence-corrected chi connectivity index (χ3v) is 5.10. The van der Waals surface area contributed by atoms with Gasteiger partial charge in [-0.05, 0) is 24.3 Å². The summed E-state index contributed by atoms with van der Waals surface area (Å²) in [6.07, 6.45) is 0.